The van der Waals surface area contributed by atoms with Crippen LogP contribution in [0.2, 0.25) is 0 Å². The molecular weight excluding hydrogens is 186 g/mol. The zero-order valence-corrected chi connectivity index (χ0v) is 7.81. The molecule has 14 heavy (non-hydrogen) atoms. The molecule has 1 aromatic rings. The van der Waals surface area contributed by atoms with Gasteiger partial charge in [-0.3, -0.25) is 4.79 Å². The Bertz CT molecular complexity index is 362. The van der Waals surface area contributed by atoms with E-state index in [1.54, 1.807) is 0 Å². The van der Waals surface area contributed by atoms with Gasteiger partial charge in [0.05, 0.1) is 19.8 Å². The van der Waals surface area contributed by atoms with E-state index in [1.807, 2.05) is 0 Å². The van der Waals surface area contributed by atoms with E-state index in [4.69, 9.17) is 4.74 Å². The molecule has 5 nitrogen and oxygen atoms in total. The molecule has 0 aromatic carbocycles. The fourth-order valence-corrected chi connectivity index (χ4v) is 0.940. The Hall–Kier alpha value is -1.91. The van der Waals surface area contributed by atoms with Crippen LogP contribution in [0.4, 0.5) is 0 Å². The van der Waals surface area contributed by atoms with Crippen LogP contribution in [0, 0.1) is 0 Å². The molecule has 0 amide bonds. The average molecular weight is 195 g/mol. The lowest BCUT2D eigenvalue weighted by atomic mass is 10.1. The number of ether oxygens (including phenoxy) is 2. The van der Waals surface area contributed by atoms with Crippen LogP contribution in [-0.2, 0) is 4.74 Å². The van der Waals surface area contributed by atoms with Gasteiger partial charge in [0, 0.05) is 17.8 Å². The van der Waals surface area contributed by atoms with Crippen molar-refractivity contribution in [1.82, 2.24) is 4.98 Å². The van der Waals surface area contributed by atoms with Gasteiger partial charge in [-0.2, -0.15) is 0 Å². The second-order valence-corrected chi connectivity index (χ2v) is 2.42. The largest absolute Gasteiger partial charge is 0.481 e. The molecule has 1 heterocycles. The van der Waals surface area contributed by atoms with Crippen molar-refractivity contribution in [1.29, 1.82) is 0 Å². The van der Waals surface area contributed by atoms with Gasteiger partial charge in [0.2, 0.25) is 5.88 Å². The molecule has 0 atom stereocenters. The Labute approximate surface area is 80.7 Å². The zero-order chi connectivity index (χ0) is 10.6. The summed E-state index contributed by atoms with van der Waals surface area (Å²) in [5.74, 6) is -0.318. The third-order valence-corrected chi connectivity index (χ3v) is 1.65. The van der Waals surface area contributed by atoms with Crippen molar-refractivity contribution < 1.29 is 19.1 Å². The number of methoxy groups -OCH3 is 2. The van der Waals surface area contributed by atoms with Crippen molar-refractivity contribution in [3.63, 3.8) is 0 Å². The number of hydrogen-bond donors (Lipinski definition) is 0. The molecule has 0 bridgehead atoms. The van der Waals surface area contributed by atoms with Crippen molar-refractivity contribution in [2.45, 2.75) is 0 Å². The lowest BCUT2D eigenvalue weighted by molar-refractivity contribution is 0.0598. The number of esters is 1. The van der Waals surface area contributed by atoms with Crippen molar-refractivity contribution in [2.24, 2.45) is 0 Å². The molecule has 0 radical (unpaired) electrons. The minimum Gasteiger partial charge on any atom is -0.481 e. The lowest BCUT2D eigenvalue weighted by Gasteiger charge is -2.03. The van der Waals surface area contributed by atoms with E-state index in [9.17, 15) is 9.59 Å². The molecule has 0 saturated heterocycles. The predicted octanol–water partition coefficient (Wildman–Crippen LogP) is 0.689. The second-order valence-electron chi connectivity index (χ2n) is 2.42. The molecule has 0 aliphatic rings. The second kappa shape index (κ2) is 4.36. The first-order valence-electron chi connectivity index (χ1n) is 3.80. The van der Waals surface area contributed by atoms with E-state index in [-0.39, 0.29) is 17.0 Å². The molecule has 1 rings (SSSR count). The van der Waals surface area contributed by atoms with Crippen molar-refractivity contribution >= 4 is 12.3 Å². The van der Waals surface area contributed by atoms with E-state index < -0.39 is 5.97 Å². The summed E-state index contributed by atoms with van der Waals surface area (Å²) in [6.07, 6.45) is 1.80. The first-order chi connectivity index (χ1) is 6.72. The third-order valence-electron chi connectivity index (χ3n) is 1.65. The highest BCUT2D eigenvalue weighted by Crippen LogP contribution is 2.13. The molecule has 0 aliphatic heterocycles. The average Bonchev–Trinajstić information content (AvgIpc) is 2.27. The van der Waals surface area contributed by atoms with Crippen LogP contribution in [0.25, 0.3) is 0 Å². The van der Waals surface area contributed by atoms with Crippen molar-refractivity contribution in [3.05, 3.63) is 23.4 Å². The van der Waals surface area contributed by atoms with Crippen LogP contribution in [0.15, 0.2) is 12.3 Å². The highest BCUT2D eigenvalue weighted by atomic mass is 16.5. The topological polar surface area (TPSA) is 65.5 Å². The molecule has 0 spiro atoms. The summed E-state index contributed by atoms with van der Waals surface area (Å²) in [6.45, 7) is 0. The fourth-order valence-electron chi connectivity index (χ4n) is 0.940. The van der Waals surface area contributed by atoms with Crippen molar-refractivity contribution in [3.8, 4) is 5.88 Å². The maximum absolute atomic E-state index is 11.1. The Kier molecular flexibility index (Phi) is 3.17. The molecule has 0 N–H and O–H groups in total. The van der Waals surface area contributed by atoms with E-state index in [2.05, 4.69) is 9.72 Å². The van der Waals surface area contributed by atoms with E-state index in [0.717, 1.165) is 0 Å². The van der Waals surface area contributed by atoms with Gasteiger partial charge < -0.3 is 9.47 Å². The number of aldehydes is 1. The van der Waals surface area contributed by atoms with Crippen LogP contribution in [-0.4, -0.2) is 31.5 Å². The monoisotopic (exact) mass is 195 g/mol. The number of hydrogen-bond acceptors (Lipinski definition) is 5. The van der Waals surface area contributed by atoms with Crippen LogP contribution >= 0.6 is 0 Å². The van der Waals surface area contributed by atoms with Gasteiger partial charge >= 0.3 is 5.97 Å². The highest BCUT2D eigenvalue weighted by molar-refractivity contribution is 5.98. The quantitative estimate of drug-likeness (QED) is 0.524. The molecule has 74 valence electrons. The van der Waals surface area contributed by atoms with Gasteiger partial charge in [-0.1, -0.05) is 0 Å². The van der Waals surface area contributed by atoms with Gasteiger partial charge in [0.1, 0.15) is 0 Å². The fraction of sp³-hybridized carbons (Fsp3) is 0.222. The molecular formula is C9H9NO4. The summed E-state index contributed by atoms with van der Waals surface area (Å²) in [6, 6.07) is 1.37. The molecule has 0 aliphatic carbocycles. The lowest BCUT2D eigenvalue weighted by Crippen LogP contribution is -2.06. The Morgan fingerprint density at radius 1 is 1.50 bits per heavy atom. The number of pyridine rings is 1. The van der Waals surface area contributed by atoms with E-state index >= 15 is 0 Å². The Balaban J connectivity index is 3.17. The molecule has 1 aromatic heterocycles. The maximum Gasteiger partial charge on any atom is 0.340 e. The number of rotatable bonds is 3. The smallest absolute Gasteiger partial charge is 0.340 e. The van der Waals surface area contributed by atoms with Gasteiger partial charge in [0.15, 0.2) is 6.29 Å². The number of carbonyl (C=O) groups is 2. The summed E-state index contributed by atoms with van der Waals surface area (Å²) in [5, 5.41) is 0. The maximum atomic E-state index is 11.1. The number of aromatic nitrogens is 1. The first kappa shape index (κ1) is 10.2. The van der Waals surface area contributed by atoms with E-state index in [0.29, 0.717) is 6.29 Å². The van der Waals surface area contributed by atoms with Gasteiger partial charge in [-0.15, -0.1) is 0 Å². The highest BCUT2D eigenvalue weighted by Gasteiger charge is 2.12. The van der Waals surface area contributed by atoms with Crippen LogP contribution in [0.3, 0.4) is 0 Å². The van der Waals surface area contributed by atoms with Crippen LogP contribution in [0.5, 0.6) is 5.88 Å². The Morgan fingerprint density at radius 2 is 2.21 bits per heavy atom. The number of nitrogens with zero attached hydrogens (tertiary/aromatic N) is 1. The minimum absolute atomic E-state index is 0.128. The third kappa shape index (κ3) is 1.87. The van der Waals surface area contributed by atoms with Crippen LogP contribution in [0.1, 0.15) is 20.7 Å². The molecule has 5 heteroatoms. The summed E-state index contributed by atoms with van der Waals surface area (Å²) in [7, 11) is 2.66. The zero-order valence-electron chi connectivity index (χ0n) is 7.81. The summed E-state index contributed by atoms with van der Waals surface area (Å²) < 4.78 is 9.28. The molecule has 0 saturated carbocycles. The van der Waals surface area contributed by atoms with Gasteiger partial charge in [-0.05, 0) is 0 Å². The Morgan fingerprint density at radius 3 is 2.71 bits per heavy atom. The van der Waals surface area contributed by atoms with Gasteiger partial charge in [0.25, 0.3) is 0 Å². The summed E-state index contributed by atoms with van der Waals surface area (Å²) >= 11 is 0. The summed E-state index contributed by atoms with van der Waals surface area (Å²) in [4.78, 5) is 25.5. The van der Waals surface area contributed by atoms with Crippen molar-refractivity contribution in [2.75, 3.05) is 14.2 Å². The first-order valence-corrected chi connectivity index (χ1v) is 3.80. The standard InChI is InChI=1S/C9H9NO4/c1-13-8-3-6(5-11)7(4-10-8)9(12)14-2/h3-5H,1-2H3. The minimum atomic E-state index is -0.595. The number of carbonyl (C=O) groups excluding carboxylic acids is 2. The van der Waals surface area contributed by atoms with E-state index in [1.165, 1.54) is 26.5 Å². The molecule has 0 unspecified atom stereocenters. The predicted molar refractivity (Wildman–Crippen MR) is 47.5 cm³/mol. The SMILES string of the molecule is COC(=O)c1cnc(OC)cc1C=O. The molecule has 0 fully saturated rings. The normalized spacial score (nSPS) is 9.29. The van der Waals surface area contributed by atoms with Crippen LogP contribution < -0.4 is 4.74 Å². The summed E-state index contributed by atoms with van der Waals surface area (Å²) in [5.41, 5.74) is 0.326. The van der Waals surface area contributed by atoms with Gasteiger partial charge in [-0.25, -0.2) is 9.78 Å².